The molecule has 12 heteroatoms. The molecule has 3 aliphatic carbocycles. The van der Waals surface area contributed by atoms with Gasteiger partial charge in [0.1, 0.15) is 6.54 Å². The van der Waals surface area contributed by atoms with Crippen molar-refractivity contribution >= 4 is 22.0 Å². The van der Waals surface area contributed by atoms with Gasteiger partial charge in [-0.05, 0) is 72.8 Å². The van der Waals surface area contributed by atoms with E-state index in [1.165, 1.54) is 20.9 Å². The summed E-state index contributed by atoms with van der Waals surface area (Å²) in [5, 5.41) is 13.8. The van der Waals surface area contributed by atoms with E-state index in [0.717, 1.165) is 32.1 Å². The Morgan fingerprint density at radius 3 is 2.58 bits per heavy atom. The van der Waals surface area contributed by atoms with Gasteiger partial charge < -0.3 is 4.90 Å². The third kappa shape index (κ3) is 3.64. The van der Waals surface area contributed by atoms with E-state index in [4.69, 9.17) is 0 Å². The monoisotopic (exact) mass is 567 g/mol. The molecule has 2 aromatic rings. The fourth-order valence-corrected chi connectivity index (χ4v) is 11.3. The van der Waals surface area contributed by atoms with Crippen molar-refractivity contribution in [1.29, 1.82) is 0 Å². The van der Waals surface area contributed by atoms with Gasteiger partial charge in [0.05, 0.1) is 12.3 Å². The first kappa shape index (κ1) is 26.1. The molecule has 2 bridgehead atoms. The van der Waals surface area contributed by atoms with Gasteiger partial charge in [-0.25, -0.2) is 17.5 Å². The molecule has 4 fully saturated rings. The van der Waals surface area contributed by atoms with Crippen LogP contribution in [0, 0.1) is 16.7 Å². The van der Waals surface area contributed by atoms with Gasteiger partial charge in [-0.2, -0.15) is 5.21 Å². The van der Waals surface area contributed by atoms with Crippen LogP contribution in [-0.4, -0.2) is 86.5 Å². The van der Waals surface area contributed by atoms with Gasteiger partial charge >= 0.3 is 6.03 Å². The van der Waals surface area contributed by atoms with Crippen LogP contribution in [0.4, 0.5) is 4.79 Å². The molecule has 5 aliphatic rings. The number of hydrogen-bond acceptors (Lipinski definition) is 7. The van der Waals surface area contributed by atoms with E-state index < -0.39 is 21.5 Å². The molecular formula is C28H37N7O4S. The third-order valence-electron chi connectivity index (χ3n) is 11.5. The van der Waals surface area contributed by atoms with Gasteiger partial charge in [0, 0.05) is 24.5 Å². The molecule has 3 heterocycles. The second-order valence-corrected chi connectivity index (χ2v) is 15.2. The Hall–Kier alpha value is -2.86. The molecule has 11 nitrogen and oxygen atoms in total. The molecule has 0 unspecified atom stereocenters. The maximum atomic E-state index is 14.2. The molecule has 1 aromatic carbocycles. The number of carbonyl (C=O) groups is 2. The van der Waals surface area contributed by atoms with E-state index in [0.29, 0.717) is 31.8 Å². The number of urea groups is 1. The predicted molar refractivity (Wildman–Crippen MR) is 145 cm³/mol. The summed E-state index contributed by atoms with van der Waals surface area (Å²) in [6.45, 7) is 5.34. The Bertz CT molecular complexity index is 1450. The second-order valence-electron chi connectivity index (χ2n) is 13.2. The van der Waals surface area contributed by atoms with Crippen LogP contribution in [0.15, 0.2) is 24.3 Å². The first-order valence-corrected chi connectivity index (χ1v) is 16.1. The zero-order valence-electron chi connectivity index (χ0n) is 23.2. The van der Waals surface area contributed by atoms with Crippen molar-refractivity contribution in [3.05, 3.63) is 41.2 Å². The first-order chi connectivity index (χ1) is 19.1. The van der Waals surface area contributed by atoms with Crippen LogP contribution in [0.2, 0.25) is 0 Å². The van der Waals surface area contributed by atoms with E-state index in [1.807, 2.05) is 0 Å². The maximum absolute atomic E-state index is 14.2. The van der Waals surface area contributed by atoms with E-state index in [2.05, 4.69) is 58.7 Å². The lowest BCUT2D eigenvalue weighted by Crippen LogP contribution is -2.56. The highest BCUT2D eigenvalue weighted by atomic mass is 32.2. The lowest BCUT2D eigenvalue weighted by atomic mass is 9.68. The lowest BCUT2D eigenvalue weighted by molar-refractivity contribution is -0.129. The summed E-state index contributed by atoms with van der Waals surface area (Å²) in [7, 11) is -3.62. The smallest absolute Gasteiger partial charge is 0.307 e. The topological polar surface area (TPSA) is 132 Å². The van der Waals surface area contributed by atoms with Gasteiger partial charge in [0.15, 0.2) is 5.82 Å². The largest absolute Gasteiger partial charge is 0.327 e. The summed E-state index contributed by atoms with van der Waals surface area (Å²) in [4.78, 5) is 29.6. The van der Waals surface area contributed by atoms with Crippen LogP contribution in [-0.2, 0) is 33.2 Å². The average Bonchev–Trinajstić information content (AvgIpc) is 3.71. The Morgan fingerprint density at radius 2 is 1.85 bits per heavy atom. The molecule has 40 heavy (non-hydrogen) atoms. The minimum atomic E-state index is -3.62. The molecule has 2 saturated carbocycles. The number of nitrogens with zero attached hydrogens (tertiary/aromatic N) is 6. The quantitative estimate of drug-likeness (QED) is 0.530. The summed E-state index contributed by atoms with van der Waals surface area (Å²) in [6, 6.07) is 7.78. The highest BCUT2D eigenvalue weighted by molar-refractivity contribution is 7.89. The number of aromatic nitrogens is 4. The summed E-state index contributed by atoms with van der Waals surface area (Å²) in [5.41, 5.74) is 1.88. The average molecular weight is 568 g/mol. The third-order valence-corrected chi connectivity index (χ3v) is 13.5. The predicted octanol–water partition coefficient (Wildman–Crippen LogP) is 2.47. The summed E-state index contributed by atoms with van der Waals surface area (Å²) in [6.07, 6.45) is 6.07. The summed E-state index contributed by atoms with van der Waals surface area (Å²) >= 11 is 0. The Labute approximate surface area is 234 Å². The van der Waals surface area contributed by atoms with Crippen molar-refractivity contribution in [1.82, 2.24) is 34.7 Å². The second kappa shape index (κ2) is 8.82. The summed E-state index contributed by atoms with van der Waals surface area (Å²) in [5.74, 6) is 0.290. The van der Waals surface area contributed by atoms with E-state index in [-0.39, 0.29) is 47.5 Å². The normalized spacial score (nSPS) is 31.1. The van der Waals surface area contributed by atoms with E-state index in [9.17, 15) is 18.0 Å². The molecular weight excluding hydrogens is 530 g/mol. The van der Waals surface area contributed by atoms with Crippen LogP contribution in [0.1, 0.15) is 69.3 Å². The number of piperidine rings is 1. The Balaban J connectivity index is 1.13. The minimum Gasteiger partial charge on any atom is -0.307 e. The number of benzene rings is 1. The number of carbonyl (C=O) groups excluding carboxylic acids is 2. The molecule has 3 atom stereocenters. The number of imide groups is 1. The standard InChI is InChI=1S/C28H37N7O4S/c1-26(2)20-8-10-28(26,22(15-20)35-24(36)17-33(25(35)37)16-23-29-31-32-30-23)18-40(38,39)34-13-11-27(12-14-34)9-7-19-5-3-4-6-21(19)27/h3-6,20,22H,7-18H2,1-2H3,(H,29,30,31,32)/t20-,22+,28-/m1/s1. The molecule has 1 N–H and O–H groups in total. The van der Waals surface area contributed by atoms with Crippen molar-refractivity contribution in [2.45, 2.75) is 76.8 Å². The molecule has 1 aromatic heterocycles. The molecule has 2 saturated heterocycles. The Kier molecular flexibility index (Phi) is 5.75. The number of H-pyrrole nitrogens is 1. The fraction of sp³-hybridized carbons (Fsp3) is 0.679. The molecule has 3 amide bonds. The van der Waals surface area contributed by atoms with Gasteiger partial charge in [-0.15, -0.1) is 10.2 Å². The fourth-order valence-electron chi connectivity index (χ4n) is 9.04. The number of fused-ring (bicyclic) bond motifs is 4. The van der Waals surface area contributed by atoms with Crippen LogP contribution < -0.4 is 0 Å². The molecule has 7 rings (SSSR count). The van der Waals surface area contributed by atoms with Crippen molar-refractivity contribution in [2.75, 3.05) is 25.4 Å². The first-order valence-electron chi connectivity index (χ1n) is 14.5. The summed E-state index contributed by atoms with van der Waals surface area (Å²) < 4.78 is 30.0. The van der Waals surface area contributed by atoms with Crippen molar-refractivity contribution in [2.24, 2.45) is 16.7 Å². The van der Waals surface area contributed by atoms with Crippen LogP contribution in [0.5, 0.6) is 0 Å². The van der Waals surface area contributed by atoms with Crippen molar-refractivity contribution in [3.8, 4) is 0 Å². The maximum Gasteiger partial charge on any atom is 0.327 e. The number of tetrazole rings is 1. The molecule has 0 radical (unpaired) electrons. The SMILES string of the molecule is CC1(C)[C@@H]2CC[C@@]1(CS(=O)(=O)N1CCC3(CCc4ccccc43)CC1)[C@@H](N1C(=O)CN(Cc3nn[nH]n3)C1=O)C2. The number of aromatic amines is 1. The zero-order chi connectivity index (χ0) is 27.9. The number of sulfonamides is 1. The highest BCUT2D eigenvalue weighted by Crippen LogP contribution is 2.67. The van der Waals surface area contributed by atoms with Crippen LogP contribution >= 0.6 is 0 Å². The number of rotatable bonds is 6. The molecule has 2 aliphatic heterocycles. The molecule has 214 valence electrons. The number of aryl methyl sites for hydroxylation is 1. The van der Waals surface area contributed by atoms with Gasteiger partial charge in [-0.3, -0.25) is 9.69 Å². The van der Waals surface area contributed by atoms with Gasteiger partial charge in [0.25, 0.3) is 5.91 Å². The van der Waals surface area contributed by atoms with Crippen molar-refractivity contribution in [3.63, 3.8) is 0 Å². The number of nitrogens with one attached hydrogen (secondary N) is 1. The number of hydrogen-bond donors (Lipinski definition) is 1. The van der Waals surface area contributed by atoms with Gasteiger partial charge in [0.2, 0.25) is 10.0 Å². The lowest BCUT2D eigenvalue weighted by Gasteiger charge is -2.46. The highest BCUT2D eigenvalue weighted by Gasteiger charge is 2.68. The number of amides is 3. The van der Waals surface area contributed by atoms with Crippen LogP contribution in [0.3, 0.4) is 0 Å². The van der Waals surface area contributed by atoms with Gasteiger partial charge in [-0.1, -0.05) is 43.3 Å². The molecule has 1 spiro atoms. The Morgan fingerprint density at radius 1 is 1.07 bits per heavy atom. The van der Waals surface area contributed by atoms with Crippen molar-refractivity contribution < 1.29 is 18.0 Å². The van der Waals surface area contributed by atoms with Crippen LogP contribution in [0.25, 0.3) is 0 Å². The van der Waals surface area contributed by atoms with E-state index in [1.54, 1.807) is 4.31 Å². The van der Waals surface area contributed by atoms with E-state index >= 15 is 0 Å². The zero-order valence-corrected chi connectivity index (χ0v) is 24.0. The minimum absolute atomic E-state index is 0.0281.